The molecule has 0 unspecified atom stereocenters. The molecular weight excluding hydrogens is 168 g/mol. The molecule has 3 heteroatoms. The zero-order valence-electron chi connectivity index (χ0n) is 8.37. The molecule has 0 aromatic heterocycles. The maximum absolute atomic E-state index is 10.9. The highest BCUT2D eigenvalue weighted by Gasteiger charge is 2.48. The van der Waals surface area contributed by atoms with Crippen LogP contribution in [0.25, 0.3) is 0 Å². The Kier molecular flexibility index (Phi) is 3.09. The van der Waals surface area contributed by atoms with Gasteiger partial charge in [0.15, 0.2) is 0 Å². The van der Waals surface area contributed by atoms with Crippen LogP contribution in [-0.4, -0.2) is 24.3 Å². The highest BCUT2D eigenvalue weighted by Crippen LogP contribution is 2.39. The molecular formula is C10H16O3. The van der Waals surface area contributed by atoms with Crippen LogP contribution in [-0.2, 0) is 14.3 Å². The molecule has 1 saturated heterocycles. The summed E-state index contributed by atoms with van der Waals surface area (Å²) in [6.07, 6.45) is 4.46. The minimum Gasteiger partial charge on any atom is -0.463 e. The van der Waals surface area contributed by atoms with Crippen molar-refractivity contribution < 1.29 is 14.3 Å². The van der Waals surface area contributed by atoms with Gasteiger partial charge in [0.1, 0.15) is 5.60 Å². The highest BCUT2D eigenvalue weighted by atomic mass is 16.6. The third-order valence-corrected chi connectivity index (χ3v) is 2.19. The molecule has 0 spiro atoms. The third-order valence-electron chi connectivity index (χ3n) is 2.19. The van der Waals surface area contributed by atoms with Gasteiger partial charge >= 0.3 is 5.97 Å². The lowest BCUT2D eigenvalue weighted by molar-refractivity contribution is -0.137. The molecule has 0 bridgehead atoms. The first-order valence-corrected chi connectivity index (χ1v) is 4.66. The maximum Gasteiger partial charge on any atom is 0.330 e. The van der Waals surface area contributed by atoms with Crippen LogP contribution in [0.4, 0.5) is 0 Å². The standard InChI is InChI=1S/C10H16O3/c1-4-8-10(3,13-8)7-6-9(11)12-5-2/h6-8H,4-5H2,1-3H3/b7-6+/t8-,10-/m1/s1. The Morgan fingerprint density at radius 1 is 1.62 bits per heavy atom. The first kappa shape index (κ1) is 10.3. The van der Waals surface area contributed by atoms with Gasteiger partial charge in [0.25, 0.3) is 0 Å². The number of epoxide rings is 1. The Balaban J connectivity index is 2.36. The van der Waals surface area contributed by atoms with Crippen molar-refractivity contribution in [2.45, 2.75) is 38.9 Å². The zero-order valence-corrected chi connectivity index (χ0v) is 8.37. The van der Waals surface area contributed by atoms with Crippen LogP contribution in [0.5, 0.6) is 0 Å². The van der Waals surface area contributed by atoms with Crippen LogP contribution < -0.4 is 0 Å². The first-order valence-electron chi connectivity index (χ1n) is 4.66. The van der Waals surface area contributed by atoms with Crippen molar-refractivity contribution in [2.75, 3.05) is 6.61 Å². The Morgan fingerprint density at radius 3 is 2.77 bits per heavy atom. The SMILES string of the molecule is CCOC(=O)/C=C/[C@@]1(C)O[C@@H]1CC. The van der Waals surface area contributed by atoms with E-state index >= 15 is 0 Å². The second-order valence-electron chi connectivity index (χ2n) is 3.28. The molecule has 1 rings (SSSR count). The van der Waals surface area contributed by atoms with Crippen LogP contribution in [0.15, 0.2) is 12.2 Å². The van der Waals surface area contributed by atoms with Gasteiger partial charge in [-0.05, 0) is 26.3 Å². The van der Waals surface area contributed by atoms with Crippen molar-refractivity contribution in [1.29, 1.82) is 0 Å². The molecule has 0 radical (unpaired) electrons. The molecule has 1 aliphatic heterocycles. The van der Waals surface area contributed by atoms with Crippen molar-refractivity contribution in [3.63, 3.8) is 0 Å². The number of rotatable bonds is 4. The van der Waals surface area contributed by atoms with Crippen LogP contribution in [0.1, 0.15) is 27.2 Å². The second kappa shape index (κ2) is 3.92. The Morgan fingerprint density at radius 2 is 2.31 bits per heavy atom. The summed E-state index contributed by atoms with van der Waals surface area (Å²) in [5.74, 6) is -0.297. The summed E-state index contributed by atoms with van der Waals surface area (Å²) in [7, 11) is 0. The van der Waals surface area contributed by atoms with E-state index in [0.29, 0.717) is 6.61 Å². The monoisotopic (exact) mass is 184 g/mol. The summed E-state index contributed by atoms with van der Waals surface area (Å²) in [5.41, 5.74) is -0.235. The van der Waals surface area contributed by atoms with Gasteiger partial charge < -0.3 is 9.47 Å². The minimum atomic E-state index is -0.297. The van der Waals surface area contributed by atoms with E-state index < -0.39 is 0 Å². The van der Waals surface area contributed by atoms with E-state index in [1.54, 1.807) is 13.0 Å². The van der Waals surface area contributed by atoms with Gasteiger partial charge in [-0.1, -0.05) is 6.92 Å². The lowest BCUT2D eigenvalue weighted by Gasteiger charge is -1.97. The molecule has 2 atom stereocenters. The van der Waals surface area contributed by atoms with E-state index in [1.807, 2.05) is 6.92 Å². The third kappa shape index (κ3) is 2.56. The number of carbonyl (C=O) groups is 1. The van der Waals surface area contributed by atoms with E-state index in [-0.39, 0.29) is 17.7 Å². The van der Waals surface area contributed by atoms with E-state index in [1.165, 1.54) is 6.08 Å². The average molecular weight is 184 g/mol. The van der Waals surface area contributed by atoms with Gasteiger partial charge in [-0.15, -0.1) is 0 Å². The second-order valence-corrected chi connectivity index (χ2v) is 3.28. The van der Waals surface area contributed by atoms with Gasteiger partial charge in [0.2, 0.25) is 0 Å². The average Bonchev–Trinajstić information content (AvgIpc) is 2.75. The van der Waals surface area contributed by atoms with Gasteiger partial charge in [-0.2, -0.15) is 0 Å². The fraction of sp³-hybridized carbons (Fsp3) is 0.700. The van der Waals surface area contributed by atoms with Crippen molar-refractivity contribution in [3.8, 4) is 0 Å². The molecule has 0 aliphatic carbocycles. The molecule has 1 aliphatic rings. The van der Waals surface area contributed by atoms with Crippen molar-refractivity contribution in [1.82, 2.24) is 0 Å². The van der Waals surface area contributed by atoms with E-state index in [0.717, 1.165) is 6.42 Å². The first-order chi connectivity index (χ1) is 6.12. The van der Waals surface area contributed by atoms with E-state index in [4.69, 9.17) is 9.47 Å². The van der Waals surface area contributed by atoms with Gasteiger partial charge in [0.05, 0.1) is 12.7 Å². The van der Waals surface area contributed by atoms with E-state index in [2.05, 4.69) is 6.92 Å². The largest absolute Gasteiger partial charge is 0.463 e. The number of hydrogen-bond donors (Lipinski definition) is 0. The van der Waals surface area contributed by atoms with Crippen LogP contribution in [0.2, 0.25) is 0 Å². The molecule has 0 saturated carbocycles. The lowest BCUT2D eigenvalue weighted by atomic mass is 10.1. The topological polar surface area (TPSA) is 38.8 Å². The number of hydrogen-bond acceptors (Lipinski definition) is 3. The van der Waals surface area contributed by atoms with Crippen molar-refractivity contribution >= 4 is 5.97 Å². The molecule has 0 aromatic rings. The van der Waals surface area contributed by atoms with Crippen LogP contribution in [0, 0.1) is 0 Å². The van der Waals surface area contributed by atoms with Gasteiger partial charge in [-0.3, -0.25) is 0 Å². The van der Waals surface area contributed by atoms with Gasteiger partial charge in [0, 0.05) is 6.08 Å². The van der Waals surface area contributed by atoms with Crippen molar-refractivity contribution in [3.05, 3.63) is 12.2 Å². The maximum atomic E-state index is 10.9. The Bertz CT molecular complexity index is 222. The predicted octanol–water partition coefficient (Wildman–Crippen LogP) is 1.67. The van der Waals surface area contributed by atoms with Crippen LogP contribution >= 0.6 is 0 Å². The summed E-state index contributed by atoms with van der Waals surface area (Å²) in [6.45, 7) is 6.24. The summed E-state index contributed by atoms with van der Waals surface area (Å²) in [6, 6.07) is 0. The summed E-state index contributed by atoms with van der Waals surface area (Å²) < 4.78 is 10.1. The zero-order chi connectivity index (χ0) is 9.90. The Hall–Kier alpha value is -0.830. The molecule has 3 nitrogen and oxygen atoms in total. The lowest BCUT2D eigenvalue weighted by Crippen LogP contribution is -2.07. The number of esters is 1. The fourth-order valence-electron chi connectivity index (χ4n) is 1.33. The highest BCUT2D eigenvalue weighted by molar-refractivity contribution is 5.82. The molecule has 0 aromatic carbocycles. The van der Waals surface area contributed by atoms with E-state index in [9.17, 15) is 4.79 Å². The molecule has 1 heterocycles. The Labute approximate surface area is 78.7 Å². The molecule has 74 valence electrons. The summed E-state index contributed by atoms with van der Waals surface area (Å²) >= 11 is 0. The molecule has 1 fully saturated rings. The summed E-state index contributed by atoms with van der Waals surface area (Å²) in [5, 5.41) is 0. The molecule has 13 heavy (non-hydrogen) atoms. The minimum absolute atomic E-state index is 0.235. The molecule has 0 N–H and O–H groups in total. The quantitative estimate of drug-likeness (QED) is 0.379. The number of ether oxygens (including phenoxy) is 2. The molecule has 0 amide bonds. The predicted molar refractivity (Wildman–Crippen MR) is 49.3 cm³/mol. The summed E-state index contributed by atoms with van der Waals surface area (Å²) in [4.78, 5) is 10.9. The normalized spacial score (nSPS) is 32.1. The fourth-order valence-corrected chi connectivity index (χ4v) is 1.33. The number of carbonyl (C=O) groups excluding carboxylic acids is 1. The van der Waals surface area contributed by atoms with Crippen molar-refractivity contribution in [2.24, 2.45) is 0 Å². The van der Waals surface area contributed by atoms with Crippen LogP contribution in [0.3, 0.4) is 0 Å². The van der Waals surface area contributed by atoms with Gasteiger partial charge in [-0.25, -0.2) is 4.79 Å². The smallest absolute Gasteiger partial charge is 0.330 e.